The Morgan fingerprint density at radius 2 is 2.00 bits per heavy atom. The largest absolute Gasteiger partial charge is 0.393 e. The molecule has 1 saturated carbocycles. The Labute approximate surface area is 185 Å². The van der Waals surface area contributed by atoms with Gasteiger partial charge in [-0.1, -0.05) is 6.07 Å². The van der Waals surface area contributed by atoms with Crippen molar-refractivity contribution in [2.75, 3.05) is 26.7 Å². The molecule has 3 rings (SSSR count). The third-order valence-corrected chi connectivity index (χ3v) is 6.64. The summed E-state index contributed by atoms with van der Waals surface area (Å²) in [5.74, 6) is 0.948. The lowest BCUT2D eigenvalue weighted by Gasteiger charge is -2.33. The van der Waals surface area contributed by atoms with E-state index in [1.807, 2.05) is 12.3 Å². The van der Waals surface area contributed by atoms with Gasteiger partial charge in [-0.3, -0.25) is 15.3 Å². The van der Waals surface area contributed by atoms with Crippen molar-refractivity contribution in [3.8, 4) is 0 Å². The lowest BCUT2D eigenvalue weighted by molar-refractivity contribution is 0.155. The second kappa shape index (κ2) is 10.0. The van der Waals surface area contributed by atoms with Gasteiger partial charge in [0.1, 0.15) is 5.84 Å². The van der Waals surface area contributed by atoms with Crippen LogP contribution in [-0.4, -0.2) is 53.8 Å². The number of nitrogens with one attached hydrogen (secondary N) is 5. The lowest BCUT2D eigenvalue weighted by atomic mass is 9.90. The van der Waals surface area contributed by atoms with Crippen LogP contribution in [0.5, 0.6) is 0 Å². The number of rotatable bonds is 9. The highest BCUT2D eigenvalue weighted by Crippen LogP contribution is 2.59. The minimum absolute atomic E-state index is 0.229. The minimum atomic E-state index is 0.229. The Hall–Kier alpha value is -2.80. The standard InChI is InChI=1S/C24H35N7/c1-17-5-4-10-29-22(17)16-31-11-8-24(9-12-31)13-19(24)14-30-23(27)7-6-21(26)20(15-28-3)18(2)25/h4-7,10,15,19,25-26,28H,8-9,11-14,16H2,1-3H3,(H2,27,30)/b7-6-,20-15+,25-18?,26-21?. The van der Waals surface area contributed by atoms with Gasteiger partial charge >= 0.3 is 0 Å². The van der Waals surface area contributed by atoms with Gasteiger partial charge in [-0.05, 0) is 81.3 Å². The molecule has 7 heteroatoms. The van der Waals surface area contributed by atoms with E-state index in [0.29, 0.717) is 28.5 Å². The number of piperidine rings is 1. The first-order valence-corrected chi connectivity index (χ1v) is 11.0. The molecule has 1 aliphatic heterocycles. The first-order chi connectivity index (χ1) is 14.8. The van der Waals surface area contributed by atoms with Crippen LogP contribution in [0.1, 0.15) is 37.4 Å². The van der Waals surface area contributed by atoms with Gasteiger partial charge < -0.3 is 21.5 Å². The van der Waals surface area contributed by atoms with Crippen molar-refractivity contribution >= 4 is 17.3 Å². The molecule has 0 amide bonds. The second-order valence-electron chi connectivity index (χ2n) is 8.82. The van der Waals surface area contributed by atoms with Gasteiger partial charge in [-0.25, -0.2) is 0 Å². The summed E-state index contributed by atoms with van der Waals surface area (Å²) in [4.78, 5) is 7.05. The van der Waals surface area contributed by atoms with E-state index in [4.69, 9.17) is 16.2 Å². The molecule has 1 saturated heterocycles. The summed E-state index contributed by atoms with van der Waals surface area (Å²) in [6.07, 6.45) is 10.4. The molecule has 1 aromatic rings. The van der Waals surface area contributed by atoms with Gasteiger partial charge in [0.2, 0.25) is 0 Å². The van der Waals surface area contributed by atoms with Crippen LogP contribution in [0.3, 0.4) is 0 Å². The van der Waals surface area contributed by atoms with Gasteiger partial charge in [0.25, 0.3) is 0 Å². The zero-order chi connectivity index (χ0) is 22.4. The molecule has 5 N–H and O–H groups in total. The Morgan fingerprint density at radius 3 is 2.65 bits per heavy atom. The smallest absolute Gasteiger partial charge is 0.118 e. The minimum Gasteiger partial charge on any atom is -0.393 e. The molecule has 1 unspecified atom stereocenters. The van der Waals surface area contributed by atoms with Crippen LogP contribution in [0, 0.1) is 34.5 Å². The molecule has 31 heavy (non-hydrogen) atoms. The molecule has 1 atom stereocenters. The number of allylic oxidation sites excluding steroid dienone is 2. The molecule has 2 fully saturated rings. The van der Waals surface area contributed by atoms with Crippen molar-refractivity contribution in [2.24, 2.45) is 11.3 Å². The van der Waals surface area contributed by atoms with E-state index in [0.717, 1.165) is 26.2 Å². The molecule has 0 bridgehead atoms. The number of amidine groups is 1. The molecule has 1 aromatic heterocycles. The number of pyridine rings is 1. The Kier molecular flexibility index (Phi) is 7.38. The Morgan fingerprint density at radius 1 is 1.26 bits per heavy atom. The Bertz CT molecular complexity index is 891. The molecular formula is C24H35N7. The summed E-state index contributed by atoms with van der Waals surface area (Å²) in [6.45, 7) is 7.77. The van der Waals surface area contributed by atoms with E-state index in [1.165, 1.54) is 30.5 Å². The molecule has 7 nitrogen and oxygen atoms in total. The highest BCUT2D eigenvalue weighted by atomic mass is 15.1. The fourth-order valence-corrected chi connectivity index (χ4v) is 4.47. The third kappa shape index (κ3) is 5.88. The summed E-state index contributed by atoms with van der Waals surface area (Å²) >= 11 is 0. The number of aromatic nitrogens is 1. The summed E-state index contributed by atoms with van der Waals surface area (Å²) < 4.78 is 0. The van der Waals surface area contributed by atoms with Crippen LogP contribution in [0.25, 0.3) is 0 Å². The maximum absolute atomic E-state index is 8.13. The fourth-order valence-electron chi connectivity index (χ4n) is 4.47. The molecule has 1 spiro atoms. The van der Waals surface area contributed by atoms with E-state index >= 15 is 0 Å². The number of hydrogen-bond acceptors (Lipinski definition) is 6. The van der Waals surface area contributed by atoms with Crippen LogP contribution < -0.4 is 10.6 Å². The van der Waals surface area contributed by atoms with Crippen molar-refractivity contribution in [3.63, 3.8) is 0 Å². The van der Waals surface area contributed by atoms with Gasteiger partial charge in [0.05, 0.1) is 11.4 Å². The van der Waals surface area contributed by atoms with Crippen molar-refractivity contribution in [3.05, 3.63) is 53.5 Å². The zero-order valence-electron chi connectivity index (χ0n) is 18.9. The number of likely N-dealkylation sites (tertiary alicyclic amines) is 1. The molecule has 0 aromatic carbocycles. The van der Waals surface area contributed by atoms with E-state index < -0.39 is 0 Å². The van der Waals surface area contributed by atoms with Crippen molar-refractivity contribution in [1.29, 1.82) is 16.2 Å². The lowest BCUT2D eigenvalue weighted by Crippen LogP contribution is -2.36. The Balaban J connectivity index is 1.41. The van der Waals surface area contributed by atoms with Crippen molar-refractivity contribution in [2.45, 2.75) is 39.7 Å². The number of aryl methyl sites for hydroxylation is 1. The van der Waals surface area contributed by atoms with Crippen LogP contribution in [0.4, 0.5) is 0 Å². The van der Waals surface area contributed by atoms with Crippen molar-refractivity contribution in [1.82, 2.24) is 20.5 Å². The first-order valence-electron chi connectivity index (χ1n) is 11.0. The van der Waals surface area contributed by atoms with E-state index in [2.05, 4.69) is 33.5 Å². The molecule has 0 radical (unpaired) electrons. The number of nitrogens with zero attached hydrogens (tertiary/aromatic N) is 2. The highest BCUT2D eigenvalue weighted by molar-refractivity contribution is 6.26. The molecule has 1 aliphatic carbocycles. The van der Waals surface area contributed by atoms with Crippen LogP contribution in [0.15, 0.2) is 42.3 Å². The normalized spacial score (nSPS) is 20.6. The van der Waals surface area contributed by atoms with Crippen LogP contribution in [-0.2, 0) is 6.54 Å². The SMILES string of the molecule is CN/C=C(\C(C)=N)C(=N)/C=C\C(=N)NCC1CC12CCN(Cc1ncccc1C)CC2. The van der Waals surface area contributed by atoms with Crippen molar-refractivity contribution < 1.29 is 0 Å². The summed E-state index contributed by atoms with van der Waals surface area (Å²) in [6, 6.07) is 4.12. The maximum atomic E-state index is 8.13. The van der Waals surface area contributed by atoms with Gasteiger partial charge in [0, 0.05) is 43.8 Å². The molecule has 166 valence electrons. The van der Waals surface area contributed by atoms with Gasteiger partial charge in [-0.15, -0.1) is 0 Å². The molecule has 2 heterocycles. The van der Waals surface area contributed by atoms with E-state index in [-0.39, 0.29) is 5.71 Å². The predicted molar refractivity (Wildman–Crippen MR) is 127 cm³/mol. The fraction of sp³-hybridized carbons (Fsp3) is 0.500. The maximum Gasteiger partial charge on any atom is 0.118 e. The van der Waals surface area contributed by atoms with Gasteiger partial charge in [-0.2, -0.15) is 0 Å². The monoisotopic (exact) mass is 421 g/mol. The number of hydrogen-bond donors (Lipinski definition) is 5. The average Bonchev–Trinajstić information content (AvgIpc) is 3.43. The quantitative estimate of drug-likeness (QED) is 0.311. The van der Waals surface area contributed by atoms with Gasteiger partial charge in [0.15, 0.2) is 0 Å². The van der Waals surface area contributed by atoms with Crippen LogP contribution in [0.2, 0.25) is 0 Å². The zero-order valence-corrected chi connectivity index (χ0v) is 18.9. The first kappa shape index (κ1) is 22.9. The topological polar surface area (TPSA) is 112 Å². The molecular weight excluding hydrogens is 386 g/mol. The van der Waals surface area contributed by atoms with E-state index in [9.17, 15) is 0 Å². The molecule has 2 aliphatic rings. The summed E-state index contributed by atoms with van der Waals surface area (Å²) in [5.41, 5.74) is 3.98. The third-order valence-electron chi connectivity index (χ3n) is 6.64. The van der Waals surface area contributed by atoms with Crippen LogP contribution >= 0.6 is 0 Å². The summed E-state index contributed by atoms with van der Waals surface area (Å²) in [5, 5.41) is 30.1. The summed E-state index contributed by atoms with van der Waals surface area (Å²) in [7, 11) is 1.75. The average molecular weight is 422 g/mol. The predicted octanol–water partition coefficient (Wildman–Crippen LogP) is 3.28. The second-order valence-corrected chi connectivity index (χ2v) is 8.82. The van der Waals surface area contributed by atoms with E-state index in [1.54, 1.807) is 32.3 Å². The highest BCUT2D eigenvalue weighted by Gasteiger charge is 2.54.